The molecule has 0 radical (unpaired) electrons. The third-order valence-electron chi connectivity index (χ3n) is 5.47. The second-order valence-electron chi connectivity index (χ2n) is 7.88. The Bertz CT molecular complexity index is 1610. The third-order valence-corrected chi connectivity index (χ3v) is 5.47. The number of para-hydroxylation sites is 1. The number of hydrogen-bond acceptors (Lipinski definition) is 5. The Labute approximate surface area is 188 Å². The van der Waals surface area contributed by atoms with Gasteiger partial charge in [0, 0.05) is 17.0 Å². The molecule has 2 heterocycles. The van der Waals surface area contributed by atoms with E-state index in [0.717, 1.165) is 11.1 Å². The predicted molar refractivity (Wildman–Crippen MR) is 126 cm³/mol. The summed E-state index contributed by atoms with van der Waals surface area (Å²) in [6, 6.07) is 20.5. The molecule has 5 rings (SSSR count). The lowest BCUT2D eigenvalue weighted by Gasteiger charge is -2.08. The van der Waals surface area contributed by atoms with E-state index in [0.29, 0.717) is 27.5 Å². The van der Waals surface area contributed by atoms with Crippen LogP contribution in [0.25, 0.3) is 21.9 Å². The van der Waals surface area contributed by atoms with Crippen LogP contribution < -0.4 is 10.7 Å². The van der Waals surface area contributed by atoms with Crippen LogP contribution in [0.1, 0.15) is 37.8 Å². The maximum absolute atomic E-state index is 13.1. The van der Waals surface area contributed by atoms with E-state index in [4.69, 9.17) is 8.83 Å². The second-order valence-corrected chi connectivity index (χ2v) is 7.88. The van der Waals surface area contributed by atoms with Gasteiger partial charge in [0.2, 0.25) is 5.78 Å². The Balaban J connectivity index is 1.60. The number of anilines is 1. The van der Waals surface area contributed by atoms with Gasteiger partial charge in [0.1, 0.15) is 11.2 Å². The summed E-state index contributed by atoms with van der Waals surface area (Å²) in [5, 5.41) is 3.74. The third kappa shape index (κ3) is 3.61. The van der Waals surface area contributed by atoms with Crippen LogP contribution >= 0.6 is 0 Å². The van der Waals surface area contributed by atoms with Crippen molar-refractivity contribution in [3.8, 4) is 0 Å². The topological polar surface area (TPSA) is 89.5 Å². The monoisotopic (exact) mass is 437 g/mol. The number of aryl methyl sites for hydroxylation is 2. The fourth-order valence-corrected chi connectivity index (χ4v) is 4.00. The minimum Gasteiger partial charge on any atom is -0.451 e. The van der Waals surface area contributed by atoms with Gasteiger partial charge in [-0.25, -0.2) is 0 Å². The first kappa shape index (κ1) is 20.5. The van der Waals surface area contributed by atoms with Gasteiger partial charge in [-0.05, 0) is 43.2 Å². The molecular formula is C27H19NO5. The van der Waals surface area contributed by atoms with Gasteiger partial charge in [0.05, 0.1) is 11.1 Å². The first-order chi connectivity index (χ1) is 15.9. The molecule has 0 unspecified atom stereocenters. The summed E-state index contributed by atoms with van der Waals surface area (Å²) in [4.78, 5) is 39.0. The van der Waals surface area contributed by atoms with Gasteiger partial charge in [-0.3, -0.25) is 14.4 Å². The molecule has 162 valence electrons. The zero-order valence-corrected chi connectivity index (χ0v) is 18.0. The number of ketones is 1. The number of furan rings is 1. The molecule has 0 aliphatic carbocycles. The maximum Gasteiger partial charge on any atom is 0.291 e. The lowest BCUT2D eigenvalue weighted by molar-refractivity contribution is 0.0997. The molecule has 1 amide bonds. The Kier molecular flexibility index (Phi) is 4.90. The highest BCUT2D eigenvalue weighted by atomic mass is 16.4. The minimum atomic E-state index is -0.651. The Hall–Kier alpha value is -4.45. The van der Waals surface area contributed by atoms with Gasteiger partial charge < -0.3 is 14.2 Å². The fourth-order valence-electron chi connectivity index (χ4n) is 4.00. The molecule has 0 bridgehead atoms. The quantitative estimate of drug-likeness (QED) is 0.368. The zero-order valence-electron chi connectivity index (χ0n) is 18.0. The van der Waals surface area contributed by atoms with Crippen molar-refractivity contribution >= 4 is 39.3 Å². The summed E-state index contributed by atoms with van der Waals surface area (Å²) in [5.41, 5.74) is 2.83. The first-order valence-corrected chi connectivity index (χ1v) is 10.4. The largest absolute Gasteiger partial charge is 0.451 e. The lowest BCUT2D eigenvalue weighted by Crippen LogP contribution is -2.17. The maximum atomic E-state index is 13.1. The van der Waals surface area contributed by atoms with Crippen LogP contribution in [0.5, 0.6) is 0 Å². The van der Waals surface area contributed by atoms with Crippen LogP contribution in [0.4, 0.5) is 5.69 Å². The van der Waals surface area contributed by atoms with E-state index in [1.807, 2.05) is 26.0 Å². The molecule has 2 aromatic heterocycles. The predicted octanol–water partition coefficient (Wildman–Crippen LogP) is 5.64. The zero-order chi connectivity index (χ0) is 23.1. The van der Waals surface area contributed by atoms with Gasteiger partial charge in [-0.2, -0.15) is 0 Å². The fraction of sp³-hybridized carbons (Fsp3) is 0.0741. The molecule has 0 saturated carbocycles. The van der Waals surface area contributed by atoms with Crippen molar-refractivity contribution in [2.24, 2.45) is 0 Å². The average Bonchev–Trinajstić information content (AvgIpc) is 3.16. The van der Waals surface area contributed by atoms with Crippen molar-refractivity contribution in [1.29, 1.82) is 0 Å². The van der Waals surface area contributed by atoms with Crippen molar-refractivity contribution < 1.29 is 18.4 Å². The lowest BCUT2D eigenvalue weighted by atomic mass is 10.1. The van der Waals surface area contributed by atoms with Crippen molar-refractivity contribution in [3.05, 3.63) is 111 Å². The van der Waals surface area contributed by atoms with Crippen LogP contribution in [0, 0.1) is 13.8 Å². The van der Waals surface area contributed by atoms with Gasteiger partial charge in [0.15, 0.2) is 16.9 Å². The molecule has 3 aromatic carbocycles. The van der Waals surface area contributed by atoms with Crippen LogP contribution in [0.2, 0.25) is 0 Å². The van der Waals surface area contributed by atoms with Crippen LogP contribution in [0.3, 0.4) is 0 Å². The number of benzene rings is 3. The molecule has 0 aliphatic rings. The van der Waals surface area contributed by atoms with Crippen molar-refractivity contribution in [1.82, 2.24) is 0 Å². The van der Waals surface area contributed by atoms with Crippen LogP contribution in [-0.2, 0) is 0 Å². The highest BCUT2D eigenvalue weighted by Gasteiger charge is 2.24. The summed E-state index contributed by atoms with van der Waals surface area (Å²) in [6.07, 6.45) is 0. The highest BCUT2D eigenvalue weighted by molar-refractivity contribution is 6.18. The highest BCUT2D eigenvalue weighted by Crippen LogP contribution is 2.33. The van der Waals surface area contributed by atoms with Gasteiger partial charge in [0.25, 0.3) is 5.91 Å². The number of rotatable bonds is 4. The standard InChI is InChI=1S/C27H19NO5/c1-15-12-16(2)23-19(29)14-22(32-21(23)13-15)27(31)28-24-18-10-6-7-11-20(18)33-26(24)25(30)17-8-4-3-5-9-17/h3-14H,1-2H3,(H,28,31). The van der Waals surface area contributed by atoms with Crippen molar-refractivity contribution in [2.45, 2.75) is 13.8 Å². The number of carbonyl (C=O) groups is 2. The summed E-state index contributed by atoms with van der Waals surface area (Å²) in [7, 11) is 0. The average molecular weight is 437 g/mol. The number of fused-ring (bicyclic) bond motifs is 2. The van der Waals surface area contributed by atoms with Gasteiger partial charge in [-0.15, -0.1) is 0 Å². The molecule has 0 spiro atoms. The Morgan fingerprint density at radius 3 is 2.33 bits per heavy atom. The Morgan fingerprint density at radius 1 is 0.818 bits per heavy atom. The number of amides is 1. The van der Waals surface area contributed by atoms with Crippen LogP contribution in [-0.4, -0.2) is 11.7 Å². The minimum absolute atomic E-state index is 0.00516. The number of hydrogen-bond donors (Lipinski definition) is 1. The van der Waals surface area contributed by atoms with E-state index in [-0.39, 0.29) is 28.4 Å². The molecule has 1 N–H and O–H groups in total. The van der Waals surface area contributed by atoms with Crippen molar-refractivity contribution in [2.75, 3.05) is 5.32 Å². The molecule has 6 heteroatoms. The molecule has 0 saturated heterocycles. The molecule has 33 heavy (non-hydrogen) atoms. The summed E-state index contributed by atoms with van der Waals surface area (Å²) < 4.78 is 11.6. The van der Waals surface area contributed by atoms with E-state index in [9.17, 15) is 14.4 Å². The van der Waals surface area contributed by atoms with E-state index in [1.54, 1.807) is 54.6 Å². The van der Waals surface area contributed by atoms with Gasteiger partial charge in [-0.1, -0.05) is 48.5 Å². The van der Waals surface area contributed by atoms with Crippen LogP contribution in [0.15, 0.2) is 86.4 Å². The Morgan fingerprint density at radius 2 is 1.55 bits per heavy atom. The van der Waals surface area contributed by atoms with Crippen molar-refractivity contribution in [3.63, 3.8) is 0 Å². The summed E-state index contributed by atoms with van der Waals surface area (Å²) >= 11 is 0. The smallest absolute Gasteiger partial charge is 0.291 e. The molecule has 0 atom stereocenters. The number of nitrogens with one attached hydrogen (secondary N) is 1. The summed E-state index contributed by atoms with van der Waals surface area (Å²) in [5.74, 6) is -1.17. The van der Waals surface area contributed by atoms with E-state index >= 15 is 0 Å². The van der Waals surface area contributed by atoms with E-state index < -0.39 is 5.91 Å². The summed E-state index contributed by atoms with van der Waals surface area (Å²) in [6.45, 7) is 3.71. The first-order valence-electron chi connectivity index (χ1n) is 10.4. The molecular weight excluding hydrogens is 418 g/mol. The normalized spacial score (nSPS) is 11.1. The molecule has 0 fully saturated rings. The molecule has 6 nitrogen and oxygen atoms in total. The SMILES string of the molecule is Cc1cc(C)c2c(=O)cc(C(=O)Nc3c(C(=O)c4ccccc4)oc4ccccc34)oc2c1. The molecule has 0 aliphatic heterocycles. The van der Waals surface area contributed by atoms with E-state index in [1.165, 1.54) is 6.07 Å². The number of carbonyl (C=O) groups excluding carboxylic acids is 2. The van der Waals surface area contributed by atoms with E-state index in [2.05, 4.69) is 5.32 Å². The second kappa shape index (κ2) is 7.91. The van der Waals surface area contributed by atoms with Gasteiger partial charge >= 0.3 is 0 Å². The molecule has 5 aromatic rings.